The molecule has 1 rings (SSSR count). The average Bonchev–Trinajstić information content (AvgIpc) is 2.31. The Labute approximate surface area is 108 Å². The number of hydrogen-bond acceptors (Lipinski definition) is 3. The maximum Gasteiger partial charge on any atom is 0.257 e. The van der Waals surface area contributed by atoms with Crippen molar-refractivity contribution in [3.8, 4) is 18.4 Å². The highest BCUT2D eigenvalue weighted by atomic mass is 79.9. The number of anilines is 1. The summed E-state index contributed by atoms with van der Waals surface area (Å²) in [5, 5.41) is 8.63. The van der Waals surface area contributed by atoms with Crippen LogP contribution in [0.5, 0.6) is 0 Å². The van der Waals surface area contributed by atoms with Gasteiger partial charge >= 0.3 is 0 Å². The van der Waals surface area contributed by atoms with Gasteiger partial charge in [-0.2, -0.15) is 5.26 Å². The summed E-state index contributed by atoms with van der Waals surface area (Å²) in [5.41, 5.74) is 6.41. The molecule has 5 heteroatoms. The molecule has 0 saturated heterocycles. The second-order valence-corrected chi connectivity index (χ2v) is 4.17. The van der Waals surface area contributed by atoms with Crippen LogP contribution in [-0.4, -0.2) is 23.9 Å². The highest BCUT2D eigenvalue weighted by Crippen LogP contribution is 2.19. The van der Waals surface area contributed by atoms with Gasteiger partial charge in [0.25, 0.3) is 5.91 Å². The van der Waals surface area contributed by atoms with Gasteiger partial charge in [-0.25, -0.2) is 0 Å². The summed E-state index contributed by atoms with van der Waals surface area (Å²) in [5.74, 6) is 1.99. The van der Waals surface area contributed by atoms with E-state index in [1.807, 2.05) is 6.07 Å². The van der Waals surface area contributed by atoms with E-state index in [9.17, 15) is 4.79 Å². The van der Waals surface area contributed by atoms with Crippen molar-refractivity contribution in [1.82, 2.24) is 4.90 Å². The molecule has 4 nitrogen and oxygen atoms in total. The Morgan fingerprint density at radius 3 is 2.82 bits per heavy atom. The Morgan fingerprint density at radius 1 is 1.53 bits per heavy atom. The first-order valence-corrected chi connectivity index (χ1v) is 5.54. The SMILES string of the molecule is C#CCN(CC#N)C(=O)c1cc(Br)ccc1N. The molecule has 1 aromatic rings. The maximum atomic E-state index is 12.1. The van der Waals surface area contributed by atoms with Crippen LogP contribution in [0.25, 0.3) is 0 Å². The second-order valence-electron chi connectivity index (χ2n) is 3.26. The number of rotatable bonds is 3. The molecule has 0 fully saturated rings. The monoisotopic (exact) mass is 291 g/mol. The molecule has 1 aromatic carbocycles. The Kier molecular flexibility index (Phi) is 4.56. The van der Waals surface area contributed by atoms with Gasteiger partial charge in [0.2, 0.25) is 0 Å². The van der Waals surface area contributed by atoms with Gasteiger partial charge < -0.3 is 10.6 Å². The van der Waals surface area contributed by atoms with E-state index < -0.39 is 0 Å². The lowest BCUT2D eigenvalue weighted by molar-refractivity contribution is 0.0796. The Balaban J connectivity index is 3.06. The van der Waals surface area contributed by atoms with Crippen molar-refractivity contribution >= 4 is 27.5 Å². The van der Waals surface area contributed by atoms with E-state index in [-0.39, 0.29) is 19.0 Å². The van der Waals surface area contributed by atoms with Crippen molar-refractivity contribution in [2.24, 2.45) is 0 Å². The van der Waals surface area contributed by atoms with Crippen molar-refractivity contribution in [1.29, 1.82) is 5.26 Å². The number of nitrogens with zero attached hydrogens (tertiary/aromatic N) is 2. The van der Waals surface area contributed by atoms with Gasteiger partial charge in [0.05, 0.1) is 18.2 Å². The standard InChI is InChI=1S/C12H10BrN3O/c1-2-6-16(7-5-14)12(17)10-8-9(13)3-4-11(10)15/h1,3-4,8H,6-7,15H2. The number of carbonyl (C=O) groups excluding carboxylic acids is 1. The zero-order valence-corrected chi connectivity index (χ0v) is 10.6. The van der Waals surface area contributed by atoms with Crippen LogP contribution in [0.4, 0.5) is 5.69 Å². The van der Waals surface area contributed by atoms with Gasteiger partial charge in [0.1, 0.15) is 6.54 Å². The quantitative estimate of drug-likeness (QED) is 0.523. The van der Waals surface area contributed by atoms with E-state index in [1.165, 1.54) is 4.90 Å². The fourth-order valence-corrected chi connectivity index (χ4v) is 1.64. The van der Waals surface area contributed by atoms with Crippen LogP contribution in [0.3, 0.4) is 0 Å². The molecule has 86 valence electrons. The molecule has 0 spiro atoms. The molecular formula is C12H10BrN3O. The van der Waals surface area contributed by atoms with Crippen molar-refractivity contribution in [2.75, 3.05) is 18.8 Å². The minimum Gasteiger partial charge on any atom is -0.398 e. The van der Waals surface area contributed by atoms with E-state index in [1.54, 1.807) is 18.2 Å². The number of terminal acetylenes is 1. The maximum absolute atomic E-state index is 12.1. The number of nitrogens with two attached hydrogens (primary N) is 1. The van der Waals surface area contributed by atoms with Gasteiger partial charge in [0, 0.05) is 10.2 Å². The lowest BCUT2D eigenvalue weighted by Crippen LogP contribution is -2.32. The third-order valence-electron chi connectivity index (χ3n) is 2.08. The third kappa shape index (κ3) is 3.24. The summed E-state index contributed by atoms with van der Waals surface area (Å²) in [7, 11) is 0. The van der Waals surface area contributed by atoms with Crippen LogP contribution in [0.1, 0.15) is 10.4 Å². The van der Waals surface area contributed by atoms with Crippen LogP contribution in [0.15, 0.2) is 22.7 Å². The molecule has 0 aliphatic heterocycles. The van der Waals surface area contributed by atoms with E-state index in [4.69, 9.17) is 17.4 Å². The predicted molar refractivity (Wildman–Crippen MR) is 68.9 cm³/mol. The summed E-state index contributed by atoms with van der Waals surface area (Å²) >= 11 is 3.26. The third-order valence-corrected chi connectivity index (χ3v) is 2.57. The van der Waals surface area contributed by atoms with Gasteiger partial charge in [-0.15, -0.1) is 6.42 Å². The highest BCUT2D eigenvalue weighted by Gasteiger charge is 2.17. The number of halogens is 1. The van der Waals surface area contributed by atoms with Crippen molar-refractivity contribution in [3.63, 3.8) is 0 Å². The van der Waals surface area contributed by atoms with Crippen molar-refractivity contribution in [3.05, 3.63) is 28.2 Å². The molecule has 0 saturated carbocycles. The number of amides is 1. The van der Waals surface area contributed by atoms with E-state index >= 15 is 0 Å². The Hall–Kier alpha value is -1.98. The van der Waals surface area contributed by atoms with Crippen LogP contribution < -0.4 is 5.73 Å². The summed E-state index contributed by atoms with van der Waals surface area (Å²) < 4.78 is 0.743. The Morgan fingerprint density at radius 2 is 2.24 bits per heavy atom. The number of nitrogen functional groups attached to an aromatic ring is 1. The number of benzene rings is 1. The minimum absolute atomic E-state index is 0.0605. The molecule has 0 aliphatic carbocycles. The fourth-order valence-electron chi connectivity index (χ4n) is 1.28. The van der Waals surface area contributed by atoms with Crippen LogP contribution in [-0.2, 0) is 0 Å². The molecule has 2 N–H and O–H groups in total. The summed E-state index contributed by atoms with van der Waals surface area (Å²) in [4.78, 5) is 13.3. The van der Waals surface area contributed by atoms with Gasteiger partial charge in [0.15, 0.2) is 0 Å². The second kappa shape index (κ2) is 5.93. The molecule has 0 unspecified atom stereocenters. The lowest BCUT2D eigenvalue weighted by Gasteiger charge is -2.17. The highest BCUT2D eigenvalue weighted by molar-refractivity contribution is 9.10. The Bertz CT molecular complexity index is 497. The largest absolute Gasteiger partial charge is 0.398 e. The zero-order chi connectivity index (χ0) is 12.8. The molecule has 1 amide bonds. The molecule has 0 radical (unpaired) electrons. The topological polar surface area (TPSA) is 70.1 Å². The van der Waals surface area contributed by atoms with Crippen LogP contribution >= 0.6 is 15.9 Å². The average molecular weight is 292 g/mol. The molecule has 0 aromatic heterocycles. The van der Waals surface area contributed by atoms with E-state index in [0.717, 1.165) is 4.47 Å². The number of nitriles is 1. The summed E-state index contributed by atoms with van der Waals surface area (Å²) in [6.45, 7) is 0.0212. The van der Waals surface area contributed by atoms with Gasteiger partial charge in [-0.3, -0.25) is 4.79 Å². The smallest absolute Gasteiger partial charge is 0.257 e. The summed E-state index contributed by atoms with van der Waals surface area (Å²) in [6.07, 6.45) is 5.15. The van der Waals surface area contributed by atoms with Crippen molar-refractivity contribution in [2.45, 2.75) is 0 Å². The van der Waals surface area contributed by atoms with Gasteiger partial charge in [-0.05, 0) is 18.2 Å². The zero-order valence-electron chi connectivity index (χ0n) is 8.98. The molecule has 0 heterocycles. The number of carbonyl (C=O) groups is 1. The molecular weight excluding hydrogens is 282 g/mol. The van der Waals surface area contributed by atoms with Gasteiger partial charge in [-0.1, -0.05) is 21.9 Å². The van der Waals surface area contributed by atoms with E-state index in [2.05, 4.69) is 21.9 Å². The summed E-state index contributed by atoms with van der Waals surface area (Å²) in [6, 6.07) is 6.86. The minimum atomic E-state index is -0.344. The first-order valence-electron chi connectivity index (χ1n) is 4.75. The van der Waals surface area contributed by atoms with Crippen LogP contribution in [0.2, 0.25) is 0 Å². The molecule has 0 bridgehead atoms. The molecule has 0 atom stereocenters. The first-order chi connectivity index (χ1) is 8.10. The number of hydrogen-bond donors (Lipinski definition) is 1. The normalized spacial score (nSPS) is 9.12. The van der Waals surface area contributed by atoms with Crippen LogP contribution in [0, 0.1) is 23.7 Å². The van der Waals surface area contributed by atoms with E-state index in [0.29, 0.717) is 11.3 Å². The first kappa shape index (κ1) is 13.1. The molecule has 0 aliphatic rings. The lowest BCUT2D eigenvalue weighted by atomic mass is 10.1. The predicted octanol–water partition coefficient (Wildman–Crippen LogP) is 1.63. The molecule has 17 heavy (non-hydrogen) atoms. The van der Waals surface area contributed by atoms with Crippen molar-refractivity contribution < 1.29 is 4.79 Å². The fraction of sp³-hybridized carbons (Fsp3) is 0.167.